The van der Waals surface area contributed by atoms with E-state index < -0.39 is 0 Å². The van der Waals surface area contributed by atoms with Crippen molar-refractivity contribution in [3.05, 3.63) is 78.1 Å². The average molecular weight is 407 g/mol. The summed E-state index contributed by atoms with van der Waals surface area (Å²) in [6, 6.07) is 17.3. The molecule has 1 aromatic heterocycles. The van der Waals surface area contributed by atoms with Crippen molar-refractivity contribution >= 4 is 11.8 Å². The normalized spacial score (nSPS) is 11.5. The molecule has 1 atom stereocenters. The number of rotatable bonds is 9. The lowest BCUT2D eigenvalue weighted by Gasteiger charge is -2.17. The molecule has 0 saturated carbocycles. The first-order chi connectivity index (χ1) is 14.2. The summed E-state index contributed by atoms with van der Waals surface area (Å²) in [5, 5.41) is 18.7. The van der Waals surface area contributed by atoms with E-state index in [9.17, 15) is 5.26 Å². The summed E-state index contributed by atoms with van der Waals surface area (Å²) in [6.45, 7) is 6.33. The molecule has 0 radical (unpaired) electrons. The van der Waals surface area contributed by atoms with Gasteiger partial charge in [0.05, 0.1) is 18.7 Å². The van der Waals surface area contributed by atoms with Gasteiger partial charge < -0.3 is 9.47 Å². The van der Waals surface area contributed by atoms with E-state index in [1.54, 1.807) is 13.2 Å². The minimum absolute atomic E-state index is 0.334. The van der Waals surface area contributed by atoms with E-state index in [4.69, 9.17) is 9.47 Å². The van der Waals surface area contributed by atoms with Crippen molar-refractivity contribution in [2.45, 2.75) is 30.5 Å². The maximum absolute atomic E-state index is 9.28. The molecule has 0 N–H and O–H groups in total. The molecule has 0 amide bonds. The molecule has 0 bridgehead atoms. The zero-order valence-electron chi connectivity index (χ0n) is 16.4. The van der Waals surface area contributed by atoms with Crippen molar-refractivity contribution in [3.8, 4) is 17.6 Å². The Morgan fingerprint density at radius 3 is 2.62 bits per heavy atom. The van der Waals surface area contributed by atoms with Crippen LogP contribution in [-0.2, 0) is 12.3 Å². The highest BCUT2D eigenvalue weighted by Crippen LogP contribution is 2.31. The molecule has 0 aliphatic heterocycles. The van der Waals surface area contributed by atoms with E-state index in [0.29, 0.717) is 35.2 Å². The number of hydrogen-bond donors (Lipinski definition) is 0. The molecule has 3 aromatic rings. The Kier molecular flexibility index (Phi) is 6.93. The SMILES string of the molecule is C=CCn1c(SCc2ccccc2C#N)nnc1C(C)Oc1ccccc1OC. The van der Waals surface area contributed by atoms with Crippen molar-refractivity contribution in [1.29, 1.82) is 5.26 Å². The molecule has 7 heteroatoms. The van der Waals surface area contributed by atoms with Gasteiger partial charge in [-0.05, 0) is 30.7 Å². The van der Waals surface area contributed by atoms with Crippen LogP contribution in [0.25, 0.3) is 0 Å². The lowest BCUT2D eigenvalue weighted by molar-refractivity contribution is 0.201. The van der Waals surface area contributed by atoms with E-state index >= 15 is 0 Å². The summed E-state index contributed by atoms with van der Waals surface area (Å²) in [5.41, 5.74) is 1.64. The van der Waals surface area contributed by atoms with Gasteiger partial charge in [0.25, 0.3) is 0 Å². The Labute approximate surface area is 174 Å². The smallest absolute Gasteiger partial charge is 0.191 e. The Balaban J connectivity index is 1.81. The zero-order valence-corrected chi connectivity index (χ0v) is 17.2. The maximum atomic E-state index is 9.28. The number of nitrogens with zero attached hydrogens (tertiary/aromatic N) is 4. The molecule has 1 unspecified atom stereocenters. The first-order valence-electron chi connectivity index (χ1n) is 9.12. The highest BCUT2D eigenvalue weighted by molar-refractivity contribution is 7.98. The lowest BCUT2D eigenvalue weighted by atomic mass is 10.1. The first kappa shape index (κ1) is 20.5. The molecule has 0 saturated heterocycles. The second-order valence-corrected chi connectivity index (χ2v) is 7.15. The van der Waals surface area contributed by atoms with Gasteiger partial charge in [-0.15, -0.1) is 16.8 Å². The van der Waals surface area contributed by atoms with E-state index in [1.807, 2.05) is 60.0 Å². The van der Waals surface area contributed by atoms with Gasteiger partial charge in [0, 0.05) is 12.3 Å². The van der Waals surface area contributed by atoms with Crippen molar-refractivity contribution in [2.75, 3.05) is 7.11 Å². The van der Waals surface area contributed by atoms with E-state index in [1.165, 1.54) is 11.8 Å². The lowest BCUT2D eigenvalue weighted by Crippen LogP contribution is -2.12. The number of methoxy groups -OCH3 is 1. The minimum Gasteiger partial charge on any atom is -0.493 e. The summed E-state index contributed by atoms with van der Waals surface area (Å²) >= 11 is 1.53. The number of thioether (sulfide) groups is 1. The molecule has 6 nitrogen and oxygen atoms in total. The van der Waals surface area contributed by atoms with Crippen LogP contribution in [-0.4, -0.2) is 21.9 Å². The van der Waals surface area contributed by atoms with Crippen LogP contribution in [0.15, 0.2) is 66.3 Å². The fourth-order valence-electron chi connectivity index (χ4n) is 2.87. The average Bonchev–Trinajstić information content (AvgIpc) is 3.15. The molecule has 3 rings (SSSR count). The van der Waals surface area contributed by atoms with Gasteiger partial charge in [0.1, 0.15) is 0 Å². The highest BCUT2D eigenvalue weighted by Gasteiger charge is 2.20. The molecule has 0 fully saturated rings. The van der Waals surface area contributed by atoms with Crippen LogP contribution in [0.4, 0.5) is 0 Å². The van der Waals surface area contributed by atoms with Crippen LogP contribution in [0, 0.1) is 11.3 Å². The van der Waals surface area contributed by atoms with Crippen molar-refractivity contribution in [3.63, 3.8) is 0 Å². The van der Waals surface area contributed by atoms with Gasteiger partial charge in [0.2, 0.25) is 0 Å². The predicted molar refractivity (Wildman–Crippen MR) is 113 cm³/mol. The van der Waals surface area contributed by atoms with Gasteiger partial charge in [-0.3, -0.25) is 4.57 Å². The largest absolute Gasteiger partial charge is 0.493 e. The fourth-order valence-corrected chi connectivity index (χ4v) is 3.82. The monoisotopic (exact) mass is 406 g/mol. The van der Waals surface area contributed by atoms with E-state index in [2.05, 4.69) is 22.8 Å². The molecule has 1 heterocycles. The standard InChI is InChI=1S/C22H22N4O2S/c1-4-13-26-21(16(2)28-20-12-8-7-11-19(20)27-3)24-25-22(26)29-15-18-10-6-5-9-17(18)14-23/h4-12,16H,1,13,15H2,2-3H3. The molecule has 2 aromatic carbocycles. The second-order valence-electron chi connectivity index (χ2n) is 6.21. The summed E-state index contributed by atoms with van der Waals surface area (Å²) in [5.74, 6) is 2.64. The zero-order chi connectivity index (χ0) is 20.6. The van der Waals surface area contributed by atoms with Crippen molar-refractivity contribution in [2.24, 2.45) is 0 Å². The molecule has 148 valence electrons. The van der Waals surface area contributed by atoms with Crippen LogP contribution in [0.3, 0.4) is 0 Å². The summed E-state index contributed by atoms with van der Waals surface area (Å²) in [4.78, 5) is 0. The maximum Gasteiger partial charge on any atom is 0.191 e. The van der Waals surface area contributed by atoms with Gasteiger partial charge in [-0.1, -0.05) is 48.2 Å². The Hall–Kier alpha value is -3.24. The number of allylic oxidation sites excluding steroid dienone is 1. The summed E-state index contributed by atoms with van der Waals surface area (Å²) in [6.07, 6.45) is 1.47. The first-order valence-corrected chi connectivity index (χ1v) is 10.1. The van der Waals surface area contributed by atoms with Crippen LogP contribution < -0.4 is 9.47 Å². The fraction of sp³-hybridized carbons (Fsp3) is 0.227. The number of nitriles is 1. The summed E-state index contributed by atoms with van der Waals surface area (Å²) < 4.78 is 13.4. The number of para-hydroxylation sites is 2. The van der Waals surface area contributed by atoms with Crippen LogP contribution in [0.1, 0.15) is 30.0 Å². The number of ether oxygens (including phenoxy) is 2. The Morgan fingerprint density at radius 2 is 1.90 bits per heavy atom. The third-order valence-corrected chi connectivity index (χ3v) is 5.30. The molecular formula is C22H22N4O2S. The third kappa shape index (κ3) is 4.79. The van der Waals surface area contributed by atoms with Crippen LogP contribution in [0.5, 0.6) is 11.5 Å². The van der Waals surface area contributed by atoms with Gasteiger partial charge in [-0.2, -0.15) is 5.26 Å². The minimum atomic E-state index is -0.334. The second kappa shape index (κ2) is 9.80. The molecule has 0 aliphatic carbocycles. The molecule has 0 aliphatic rings. The van der Waals surface area contributed by atoms with Gasteiger partial charge in [0.15, 0.2) is 28.6 Å². The molecule has 29 heavy (non-hydrogen) atoms. The van der Waals surface area contributed by atoms with Crippen molar-refractivity contribution in [1.82, 2.24) is 14.8 Å². The highest BCUT2D eigenvalue weighted by atomic mass is 32.2. The van der Waals surface area contributed by atoms with Crippen LogP contribution in [0.2, 0.25) is 0 Å². The van der Waals surface area contributed by atoms with Crippen molar-refractivity contribution < 1.29 is 9.47 Å². The number of benzene rings is 2. The van der Waals surface area contributed by atoms with Crippen LogP contribution >= 0.6 is 11.8 Å². The predicted octanol–water partition coefficient (Wildman–Crippen LogP) is 4.78. The molecule has 0 spiro atoms. The van der Waals surface area contributed by atoms with E-state index in [0.717, 1.165) is 10.7 Å². The number of aromatic nitrogens is 3. The summed E-state index contributed by atoms with van der Waals surface area (Å²) in [7, 11) is 1.61. The quantitative estimate of drug-likeness (QED) is 0.376. The number of hydrogen-bond acceptors (Lipinski definition) is 6. The topological polar surface area (TPSA) is 73.0 Å². The van der Waals surface area contributed by atoms with Gasteiger partial charge >= 0.3 is 0 Å². The Morgan fingerprint density at radius 1 is 1.17 bits per heavy atom. The third-order valence-electron chi connectivity index (χ3n) is 4.29. The Bertz CT molecular complexity index is 1030. The van der Waals surface area contributed by atoms with E-state index in [-0.39, 0.29) is 6.10 Å². The molecular weight excluding hydrogens is 384 g/mol. The van der Waals surface area contributed by atoms with Gasteiger partial charge in [-0.25, -0.2) is 0 Å².